The van der Waals surface area contributed by atoms with Gasteiger partial charge in [-0.05, 0) is 63.2 Å². The van der Waals surface area contributed by atoms with Crippen LogP contribution >= 0.6 is 0 Å². The van der Waals surface area contributed by atoms with Crippen LogP contribution in [0.25, 0.3) is 5.69 Å². The molecule has 0 aliphatic carbocycles. The Morgan fingerprint density at radius 1 is 0.938 bits per heavy atom. The third-order valence-electron chi connectivity index (χ3n) is 5.23. The predicted octanol–water partition coefficient (Wildman–Crippen LogP) is 3.69. The van der Waals surface area contributed by atoms with Crippen molar-refractivity contribution in [2.24, 2.45) is 0 Å². The minimum atomic E-state index is -3.59. The zero-order valence-corrected chi connectivity index (χ0v) is 19.6. The number of hydrogen-bond acceptors (Lipinski definition) is 5. The Bertz CT molecular complexity index is 1250. The van der Waals surface area contributed by atoms with Crippen LogP contribution < -0.4 is 0 Å². The lowest BCUT2D eigenvalue weighted by molar-refractivity contribution is 0.0474. The second-order valence-electron chi connectivity index (χ2n) is 7.77. The van der Waals surface area contributed by atoms with E-state index in [1.165, 1.54) is 38.4 Å². The number of sulfonamides is 1. The molecule has 0 saturated heterocycles. The highest BCUT2D eigenvalue weighted by Crippen LogP contribution is 2.22. The first kappa shape index (κ1) is 23.4. The summed E-state index contributed by atoms with van der Waals surface area (Å²) in [5.74, 6) is -1.00. The van der Waals surface area contributed by atoms with Crippen LogP contribution in [0.5, 0.6) is 0 Å². The van der Waals surface area contributed by atoms with E-state index in [0.29, 0.717) is 5.56 Å². The normalized spacial score (nSPS) is 11.6. The first-order valence-electron chi connectivity index (χ1n) is 10.0. The van der Waals surface area contributed by atoms with Crippen molar-refractivity contribution in [1.82, 2.24) is 8.87 Å². The molecule has 7 nitrogen and oxygen atoms in total. The SMILES string of the molecule is Cc1ccc(-n2c(C)cc(C(=O)COC(=O)c3ccc(S(=O)(=O)N(C)C)cc3)c2C)cc1. The molecule has 0 bridgehead atoms. The van der Waals surface area contributed by atoms with Gasteiger partial charge in [-0.2, -0.15) is 0 Å². The molecule has 8 heteroatoms. The predicted molar refractivity (Wildman–Crippen MR) is 122 cm³/mol. The van der Waals surface area contributed by atoms with E-state index in [4.69, 9.17) is 4.74 Å². The van der Waals surface area contributed by atoms with Crippen LogP contribution in [0, 0.1) is 20.8 Å². The lowest BCUT2D eigenvalue weighted by Crippen LogP contribution is -2.22. The lowest BCUT2D eigenvalue weighted by atomic mass is 10.1. The monoisotopic (exact) mass is 454 g/mol. The van der Waals surface area contributed by atoms with Gasteiger partial charge in [0.05, 0.1) is 10.5 Å². The van der Waals surface area contributed by atoms with Gasteiger partial charge in [-0.25, -0.2) is 17.5 Å². The Hall–Kier alpha value is -3.23. The maximum absolute atomic E-state index is 12.7. The lowest BCUT2D eigenvalue weighted by Gasteiger charge is -2.11. The van der Waals surface area contributed by atoms with Gasteiger partial charge in [0, 0.05) is 36.7 Å². The number of Topliss-reactive ketones (excluding diaryl/α,β-unsaturated/α-hetero) is 1. The number of nitrogens with zero attached hydrogens (tertiary/aromatic N) is 2. The maximum atomic E-state index is 12.7. The molecular formula is C24H26N2O5S. The van der Waals surface area contributed by atoms with Gasteiger partial charge < -0.3 is 9.30 Å². The fourth-order valence-electron chi connectivity index (χ4n) is 3.40. The molecule has 0 spiro atoms. The van der Waals surface area contributed by atoms with Crippen LogP contribution in [0.2, 0.25) is 0 Å². The van der Waals surface area contributed by atoms with Crippen molar-refractivity contribution >= 4 is 21.8 Å². The molecule has 32 heavy (non-hydrogen) atoms. The van der Waals surface area contributed by atoms with E-state index in [-0.39, 0.29) is 16.2 Å². The molecule has 0 aliphatic heterocycles. The van der Waals surface area contributed by atoms with E-state index < -0.39 is 22.6 Å². The average Bonchev–Trinajstić information content (AvgIpc) is 3.06. The fourth-order valence-corrected chi connectivity index (χ4v) is 4.30. The van der Waals surface area contributed by atoms with Crippen LogP contribution in [0.15, 0.2) is 59.5 Å². The number of rotatable bonds is 7. The molecule has 0 saturated carbocycles. The first-order valence-corrected chi connectivity index (χ1v) is 11.5. The molecule has 168 valence electrons. The molecule has 3 rings (SSSR count). The van der Waals surface area contributed by atoms with Crippen molar-refractivity contribution in [2.75, 3.05) is 20.7 Å². The Labute approximate surface area is 188 Å². The highest BCUT2D eigenvalue weighted by Gasteiger charge is 2.20. The summed E-state index contributed by atoms with van der Waals surface area (Å²) < 4.78 is 32.5. The third-order valence-corrected chi connectivity index (χ3v) is 7.06. The summed E-state index contributed by atoms with van der Waals surface area (Å²) in [5.41, 5.74) is 4.43. The zero-order chi connectivity index (χ0) is 23.6. The van der Waals surface area contributed by atoms with Gasteiger partial charge in [0.15, 0.2) is 6.61 Å². The van der Waals surface area contributed by atoms with Crippen LogP contribution in [0.3, 0.4) is 0 Å². The Morgan fingerprint density at radius 3 is 2.09 bits per heavy atom. The van der Waals surface area contributed by atoms with Gasteiger partial charge in [0.25, 0.3) is 0 Å². The van der Waals surface area contributed by atoms with Gasteiger partial charge in [0.2, 0.25) is 15.8 Å². The molecule has 1 aromatic heterocycles. The van der Waals surface area contributed by atoms with Crippen molar-refractivity contribution in [3.05, 3.63) is 82.7 Å². The maximum Gasteiger partial charge on any atom is 0.338 e. The molecule has 0 unspecified atom stereocenters. The van der Waals surface area contributed by atoms with Crippen LogP contribution in [0.4, 0.5) is 0 Å². The number of carbonyl (C=O) groups excluding carboxylic acids is 2. The van der Waals surface area contributed by atoms with Crippen molar-refractivity contribution in [3.63, 3.8) is 0 Å². The molecule has 0 amide bonds. The Balaban J connectivity index is 1.72. The van der Waals surface area contributed by atoms with E-state index in [0.717, 1.165) is 26.9 Å². The number of aromatic nitrogens is 1. The van der Waals surface area contributed by atoms with E-state index in [1.54, 1.807) is 6.07 Å². The molecule has 0 N–H and O–H groups in total. The van der Waals surface area contributed by atoms with Crippen molar-refractivity contribution in [3.8, 4) is 5.69 Å². The quantitative estimate of drug-likeness (QED) is 0.401. The summed E-state index contributed by atoms with van der Waals surface area (Å²) in [6.07, 6.45) is 0. The minimum absolute atomic E-state index is 0.0682. The van der Waals surface area contributed by atoms with E-state index in [2.05, 4.69) is 0 Å². The van der Waals surface area contributed by atoms with Gasteiger partial charge in [-0.1, -0.05) is 17.7 Å². The summed E-state index contributed by atoms with van der Waals surface area (Å²) in [7, 11) is -0.729. The van der Waals surface area contributed by atoms with Gasteiger partial charge in [-0.15, -0.1) is 0 Å². The second kappa shape index (κ2) is 9.10. The van der Waals surface area contributed by atoms with Gasteiger partial charge in [0.1, 0.15) is 0 Å². The minimum Gasteiger partial charge on any atom is -0.454 e. The van der Waals surface area contributed by atoms with Crippen molar-refractivity contribution in [2.45, 2.75) is 25.7 Å². The number of carbonyl (C=O) groups is 2. The van der Waals surface area contributed by atoms with Crippen LogP contribution in [-0.2, 0) is 14.8 Å². The number of aryl methyl sites for hydroxylation is 2. The molecule has 3 aromatic rings. The van der Waals surface area contributed by atoms with E-state index in [1.807, 2.05) is 49.6 Å². The summed E-state index contributed by atoms with van der Waals surface area (Å²) in [6, 6.07) is 15.2. The molecule has 0 atom stereocenters. The number of ketones is 1. The van der Waals surface area contributed by atoms with Crippen molar-refractivity contribution < 1.29 is 22.7 Å². The Morgan fingerprint density at radius 2 is 1.53 bits per heavy atom. The average molecular weight is 455 g/mol. The number of esters is 1. The molecule has 2 aromatic carbocycles. The zero-order valence-electron chi connectivity index (χ0n) is 18.7. The molecule has 1 heterocycles. The van der Waals surface area contributed by atoms with Crippen LogP contribution in [-0.4, -0.2) is 49.7 Å². The smallest absolute Gasteiger partial charge is 0.338 e. The number of benzene rings is 2. The summed E-state index contributed by atoms with van der Waals surface area (Å²) >= 11 is 0. The van der Waals surface area contributed by atoms with Gasteiger partial charge in [-0.3, -0.25) is 4.79 Å². The standard InChI is InChI=1S/C24H26N2O5S/c1-16-6-10-20(11-7-16)26-17(2)14-22(18(26)3)23(27)15-31-24(28)19-8-12-21(13-9-19)32(29,30)25(4)5/h6-14H,15H2,1-5H3. The third kappa shape index (κ3) is 4.66. The topological polar surface area (TPSA) is 85.7 Å². The van der Waals surface area contributed by atoms with Crippen LogP contribution in [0.1, 0.15) is 37.7 Å². The first-order chi connectivity index (χ1) is 15.0. The summed E-state index contributed by atoms with van der Waals surface area (Å²) in [6.45, 7) is 5.37. The van der Waals surface area contributed by atoms with Crippen molar-refractivity contribution in [1.29, 1.82) is 0 Å². The second-order valence-corrected chi connectivity index (χ2v) is 9.92. The summed E-state index contributed by atoms with van der Waals surface area (Å²) in [4.78, 5) is 25.2. The van der Waals surface area contributed by atoms with Gasteiger partial charge >= 0.3 is 5.97 Å². The molecule has 0 radical (unpaired) electrons. The van der Waals surface area contributed by atoms with E-state index in [9.17, 15) is 18.0 Å². The highest BCUT2D eigenvalue weighted by atomic mass is 32.2. The fraction of sp³-hybridized carbons (Fsp3) is 0.250. The summed E-state index contributed by atoms with van der Waals surface area (Å²) in [5, 5.41) is 0. The Kier molecular flexibility index (Phi) is 6.66. The molecular weight excluding hydrogens is 428 g/mol. The highest BCUT2D eigenvalue weighted by molar-refractivity contribution is 7.89. The largest absolute Gasteiger partial charge is 0.454 e. The van der Waals surface area contributed by atoms with E-state index >= 15 is 0 Å². The molecule has 0 fully saturated rings. The number of hydrogen-bond donors (Lipinski definition) is 0. The molecule has 0 aliphatic rings. The number of ether oxygens (including phenoxy) is 1.